The van der Waals surface area contributed by atoms with Gasteiger partial charge in [-0.1, -0.05) is 6.08 Å². The molecule has 1 aliphatic rings. The number of hydrogen-bond acceptors (Lipinski definition) is 1. The molecule has 1 nitrogen and oxygen atoms in total. The highest BCUT2D eigenvalue weighted by Crippen LogP contribution is 2.15. The summed E-state index contributed by atoms with van der Waals surface area (Å²) < 4.78 is 14.7. The van der Waals surface area contributed by atoms with E-state index in [1.165, 1.54) is 0 Å². The maximum Gasteiger partial charge on any atom is 0.0943 e. The third-order valence-corrected chi connectivity index (χ3v) is 1.17. The van der Waals surface area contributed by atoms with Gasteiger partial charge >= 0.3 is 0 Å². The molecule has 42 valence electrons. The first kappa shape index (κ1) is 3.29. The van der Waals surface area contributed by atoms with Gasteiger partial charge in [0, 0.05) is 8.31 Å². The minimum Gasteiger partial charge on any atom is -0.193 e. The Morgan fingerprint density at radius 2 is 2.62 bits per heavy atom. The maximum atomic E-state index is 8.47. The molecule has 8 heavy (non-hydrogen) atoms. The normalized spacial score (nSPS) is 29.1. The molecule has 0 atom stereocenters. The van der Waals surface area contributed by atoms with E-state index in [0.29, 0.717) is 12.0 Å². The first-order valence-corrected chi connectivity index (χ1v) is 2.77. The van der Waals surface area contributed by atoms with Crippen LogP contribution in [0, 0.1) is 11.3 Å². The second kappa shape index (κ2) is 2.52. The Hall–Kier alpha value is -0.770. The van der Waals surface area contributed by atoms with E-state index in [2.05, 4.69) is 0 Å². The topological polar surface area (TPSA) is 23.8 Å². The molecule has 0 aliphatic heterocycles. The second-order valence-electron chi connectivity index (χ2n) is 1.80. The van der Waals surface area contributed by atoms with E-state index in [9.17, 15) is 0 Å². The van der Waals surface area contributed by atoms with Gasteiger partial charge in [0.2, 0.25) is 0 Å². The van der Waals surface area contributed by atoms with Crippen molar-refractivity contribution in [1.82, 2.24) is 0 Å². The van der Waals surface area contributed by atoms with Crippen LogP contribution in [0.2, 0.25) is 0 Å². The Balaban J connectivity index is 2.86. The third kappa shape index (κ3) is 1.10. The zero-order valence-electron chi connectivity index (χ0n) is 6.65. The van der Waals surface area contributed by atoms with Crippen LogP contribution in [-0.4, -0.2) is 0 Å². The largest absolute Gasteiger partial charge is 0.193 e. The van der Waals surface area contributed by atoms with E-state index in [1.807, 2.05) is 6.07 Å². The average Bonchev–Trinajstić information content (AvgIpc) is 1.87. The Kier molecular flexibility index (Phi) is 1.04. The summed E-state index contributed by atoms with van der Waals surface area (Å²) in [7, 11) is 0. The molecular weight excluding hydrogens is 98.1 g/mol. The third-order valence-electron chi connectivity index (χ3n) is 1.17. The van der Waals surface area contributed by atoms with Crippen molar-refractivity contribution in [2.75, 3.05) is 0 Å². The highest BCUT2D eigenvalue weighted by Gasteiger charge is 1.99. The zero-order valence-corrected chi connectivity index (χ0v) is 4.65. The van der Waals surface area contributed by atoms with Gasteiger partial charge in [-0.15, -0.1) is 0 Å². The molecule has 0 saturated heterocycles. The molecule has 0 aromatic carbocycles. The van der Waals surface area contributed by atoms with Gasteiger partial charge in [-0.05, 0) is 25.6 Å². The van der Waals surface area contributed by atoms with Crippen LogP contribution < -0.4 is 0 Å². The number of nitriles is 1. The molecule has 0 fully saturated rings. The smallest absolute Gasteiger partial charge is 0.0943 e. The van der Waals surface area contributed by atoms with Gasteiger partial charge in [0.25, 0.3) is 0 Å². The van der Waals surface area contributed by atoms with Crippen molar-refractivity contribution >= 4 is 0 Å². The molecule has 0 bridgehead atoms. The van der Waals surface area contributed by atoms with Crippen LogP contribution in [0.15, 0.2) is 11.6 Å². The van der Waals surface area contributed by atoms with Gasteiger partial charge in [0.15, 0.2) is 0 Å². The van der Waals surface area contributed by atoms with Crippen molar-refractivity contribution < 1.29 is 2.74 Å². The Labute approximate surface area is 52.4 Å². The molecule has 0 aromatic heterocycles. The van der Waals surface area contributed by atoms with Crippen molar-refractivity contribution in [3.8, 4) is 6.07 Å². The molecule has 1 heteroatoms. The fraction of sp³-hybridized carbons (Fsp3) is 0.571. The molecule has 0 aromatic rings. The van der Waals surface area contributed by atoms with Crippen LogP contribution in [0.25, 0.3) is 0 Å². The molecule has 1 aliphatic carbocycles. The standard InChI is InChI=1S/C7H9N/c8-6-7-4-2-1-3-5-7/h4H,1-3,5H2/i5D2. The van der Waals surface area contributed by atoms with Gasteiger partial charge in [-0.3, -0.25) is 0 Å². The van der Waals surface area contributed by atoms with Gasteiger partial charge < -0.3 is 0 Å². The van der Waals surface area contributed by atoms with Gasteiger partial charge in [0.1, 0.15) is 0 Å². The van der Waals surface area contributed by atoms with E-state index >= 15 is 0 Å². The molecule has 0 unspecified atom stereocenters. The molecule has 1 rings (SSSR count). The van der Waals surface area contributed by atoms with Crippen LogP contribution in [0.5, 0.6) is 0 Å². The van der Waals surface area contributed by atoms with E-state index in [1.54, 1.807) is 6.08 Å². The fourth-order valence-electron chi connectivity index (χ4n) is 0.729. The average molecular weight is 109 g/mol. The van der Waals surface area contributed by atoms with E-state index in [4.69, 9.17) is 8.00 Å². The molecule has 0 spiro atoms. The first-order chi connectivity index (χ1) is 4.67. The highest BCUT2D eigenvalue weighted by atomic mass is 14.2. The summed E-state index contributed by atoms with van der Waals surface area (Å²) in [6.07, 6.45) is 2.55. The van der Waals surface area contributed by atoms with Crippen molar-refractivity contribution in [3.05, 3.63) is 11.6 Å². The summed E-state index contributed by atoms with van der Waals surface area (Å²) in [5.74, 6) is 0. The van der Waals surface area contributed by atoms with Crippen molar-refractivity contribution in [3.63, 3.8) is 0 Å². The zero-order chi connectivity index (χ0) is 7.61. The molecule has 0 heterocycles. The second-order valence-corrected chi connectivity index (χ2v) is 1.80. The number of rotatable bonds is 0. The van der Waals surface area contributed by atoms with E-state index in [-0.39, 0.29) is 0 Å². The summed E-state index contributed by atoms with van der Waals surface area (Å²) in [5.41, 5.74) is 0.304. The van der Waals surface area contributed by atoms with Crippen molar-refractivity contribution in [2.45, 2.75) is 25.6 Å². The van der Waals surface area contributed by atoms with Crippen LogP contribution in [0.3, 0.4) is 0 Å². The van der Waals surface area contributed by atoms with Gasteiger partial charge in [0.05, 0.1) is 6.07 Å². The van der Waals surface area contributed by atoms with Crippen LogP contribution in [-0.2, 0) is 0 Å². The number of allylic oxidation sites excluding steroid dienone is 2. The van der Waals surface area contributed by atoms with E-state index in [0.717, 1.165) is 12.8 Å². The summed E-state index contributed by atoms with van der Waals surface area (Å²) in [5, 5.41) is 8.47. The monoisotopic (exact) mass is 109 g/mol. The minimum atomic E-state index is -1.35. The van der Waals surface area contributed by atoms with Crippen molar-refractivity contribution in [2.24, 2.45) is 0 Å². The molecule has 0 amide bonds. The Bertz CT molecular complexity index is 200. The van der Waals surface area contributed by atoms with Gasteiger partial charge in [-0.2, -0.15) is 5.26 Å². The Morgan fingerprint density at radius 3 is 3.12 bits per heavy atom. The van der Waals surface area contributed by atoms with Crippen LogP contribution >= 0.6 is 0 Å². The number of hydrogen-bond donors (Lipinski definition) is 0. The molecule has 0 N–H and O–H groups in total. The summed E-state index contributed by atoms with van der Waals surface area (Å²) in [6, 6.07) is 1.88. The lowest BCUT2D eigenvalue weighted by atomic mass is 10.0. The lowest BCUT2D eigenvalue weighted by molar-refractivity contribution is 0.714. The fourth-order valence-corrected chi connectivity index (χ4v) is 0.729. The summed E-state index contributed by atoms with van der Waals surface area (Å²) in [4.78, 5) is 0. The number of nitrogens with zero attached hydrogens (tertiary/aromatic N) is 1. The van der Waals surface area contributed by atoms with Crippen LogP contribution in [0.1, 0.15) is 28.4 Å². The SMILES string of the molecule is [2H]C1([2H])CCCC=C1C#N. The first-order valence-electron chi connectivity index (χ1n) is 3.77. The summed E-state index contributed by atoms with van der Waals surface area (Å²) in [6.45, 7) is 0. The molecule has 0 radical (unpaired) electrons. The summed E-state index contributed by atoms with van der Waals surface area (Å²) >= 11 is 0. The Morgan fingerprint density at radius 1 is 1.75 bits per heavy atom. The van der Waals surface area contributed by atoms with Gasteiger partial charge in [-0.25, -0.2) is 0 Å². The highest BCUT2D eigenvalue weighted by molar-refractivity contribution is 5.21. The van der Waals surface area contributed by atoms with E-state index < -0.39 is 6.37 Å². The lowest BCUT2D eigenvalue weighted by Crippen LogP contribution is -1.87. The molecular formula is C7H9N. The predicted octanol–water partition coefficient (Wildman–Crippen LogP) is 2.01. The lowest BCUT2D eigenvalue weighted by Gasteiger charge is -2.03. The molecule has 0 saturated carbocycles. The van der Waals surface area contributed by atoms with Crippen molar-refractivity contribution in [1.29, 1.82) is 5.26 Å². The van der Waals surface area contributed by atoms with Crippen LogP contribution in [0.4, 0.5) is 0 Å². The predicted molar refractivity (Wildman–Crippen MR) is 32.2 cm³/mol. The quantitative estimate of drug-likeness (QED) is 0.466. The minimum absolute atomic E-state index is 0.304. The maximum absolute atomic E-state index is 8.47.